The Morgan fingerprint density at radius 3 is 3.18 bits per heavy atom. The van der Waals surface area contributed by atoms with E-state index in [0.717, 1.165) is 22.1 Å². The summed E-state index contributed by atoms with van der Waals surface area (Å²) >= 11 is 0.747. The van der Waals surface area contributed by atoms with E-state index in [1.807, 2.05) is 0 Å². The maximum Gasteiger partial charge on any atom is 0.397 e. The first-order chi connectivity index (χ1) is 5.18. The van der Waals surface area contributed by atoms with Gasteiger partial charge in [-0.3, -0.25) is 4.79 Å². The van der Waals surface area contributed by atoms with Crippen LogP contribution in [0.3, 0.4) is 0 Å². The first-order valence-corrected chi connectivity index (χ1v) is 4.28. The smallest absolute Gasteiger partial charge is 0.373 e. The lowest BCUT2D eigenvalue weighted by molar-refractivity contribution is 0.0893. The van der Waals surface area contributed by atoms with E-state index in [1.165, 1.54) is 0 Å². The Kier molecular flexibility index (Phi) is 1.38. The number of rotatable bonds is 0. The topological polar surface area (TPSA) is 34.9 Å². The molecule has 0 bridgehead atoms. The monoisotopic (exact) mass is 168 g/mol. The van der Waals surface area contributed by atoms with Gasteiger partial charge in [0.1, 0.15) is 5.69 Å². The van der Waals surface area contributed by atoms with Crippen LogP contribution in [0, 0.1) is 0 Å². The van der Waals surface area contributed by atoms with Crippen molar-refractivity contribution in [3.05, 3.63) is 17.5 Å². The van der Waals surface area contributed by atoms with Gasteiger partial charge in [0.15, 0.2) is 6.17 Å². The first-order valence-electron chi connectivity index (χ1n) is 3.39. The largest absolute Gasteiger partial charge is 0.397 e. The minimum Gasteiger partial charge on any atom is -0.373 e. The molecule has 1 atom stereocenters. The highest BCUT2D eigenvalue weighted by molar-refractivity contribution is 6.07. The number of Topliss-reactive ketones (excluding diaryl/α,β-unsaturated/α-hetero) is 1. The number of nitrogens with zero attached hydrogens (tertiary/aromatic N) is 2. The second-order valence-corrected chi connectivity index (χ2v) is 3.63. The molecule has 0 saturated heterocycles. The van der Waals surface area contributed by atoms with Gasteiger partial charge >= 0.3 is 16.5 Å². The number of aromatic nitrogens is 2. The van der Waals surface area contributed by atoms with Crippen molar-refractivity contribution in [3.63, 3.8) is 0 Å². The maximum atomic E-state index is 12.7. The van der Waals surface area contributed by atoms with Gasteiger partial charge in [0.25, 0.3) is 0 Å². The Morgan fingerprint density at radius 1 is 1.82 bits per heavy atom. The van der Waals surface area contributed by atoms with Crippen molar-refractivity contribution in [1.29, 1.82) is 0 Å². The zero-order valence-electron chi connectivity index (χ0n) is 6.04. The van der Waals surface area contributed by atoms with Crippen LogP contribution in [-0.2, 0) is 6.42 Å². The molecule has 3 nitrogen and oxygen atoms in total. The summed E-state index contributed by atoms with van der Waals surface area (Å²) in [5, 5.41) is 3.91. The summed E-state index contributed by atoms with van der Waals surface area (Å²) in [6.45, 7) is 0. The fraction of sp³-hybridized carbons (Fsp3) is 0.333. The van der Waals surface area contributed by atoms with E-state index in [0.29, 0.717) is 5.69 Å². The predicted octanol–water partition coefficient (Wildman–Crippen LogP) is -0.644. The molecule has 11 heavy (non-hydrogen) atoms. The van der Waals surface area contributed by atoms with Gasteiger partial charge in [-0.15, -0.1) is 0 Å². The number of carbonyl (C=O) groups is 1. The number of ketones is 1. The summed E-state index contributed by atoms with van der Waals surface area (Å²) in [5.41, 5.74) is 1.10. The van der Waals surface area contributed by atoms with Gasteiger partial charge < -0.3 is 3.67 Å². The zero-order valence-corrected chi connectivity index (χ0v) is 8.04. The van der Waals surface area contributed by atoms with Crippen LogP contribution in [-0.4, -0.2) is 37.2 Å². The van der Waals surface area contributed by atoms with Crippen LogP contribution in [0.4, 0.5) is 4.39 Å². The molecule has 0 spiro atoms. The SMILES string of the molecule is O=C1c2n[n]([AlH2])cc2CC1F. The molecule has 0 N–H and O–H groups in total. The number of halogens is 1. The van der Waals surface area contributed by atoms with E-state index in [9.17, 15) is 9.18 Å². The molecule has 0 amide bonds. The highest BCUT2D eigenvalue weighted by Gasteiger charge is 2.32. The number of hydrogen-bond acceptors (Lipinski definition) is 2. The van der Waals surface area contributed by atoms with Gasteiger partial charge in [-0.1, -0.05) is 0 Å². The Morgan fingerprint density at radius 2 is 2.55 bits per heavy atom. The lowest BCUT2D eigenvalue weighted by Gasteiger charge is -1.93. The van der Waals surface area contributed by atoms with Crippen LogP contribution in [0.25, 0.3) is 0 Å². The third kappa shape index (κ3) is 0.924. The van der Waals surface area contributed by atoms with Gasteiger partial charge in [-0.25, -0.2) is 4.39 Å². The summed E-state index contributed by atoms with van der Waals surface area (Å²) in [7, 11) is 0. The summed E-state index contributed by atoms with van der Waals surface area (Å²) in [6.07, 6.45) is 0.630. The third-order valence-electron chi connectivity index (χ3n) is 1.82. The number of fused-ring (bicyclic) bond motifs is 1. The number of alkyl halides is 1. The predicted molar refractivity (Wildman–Crippen MR) is 39.1 cm³/mol. The minimum absolute atomic E-state index is 0.219. The Balaban J connectivity index is 2.52. The Labute approximate surface area is 70.8 Å². The molecule has 0 aromatic carbocycles. The van der Waals surface area contributed by atoms with E-state index >= 15 is 0 Å². The third-order valence-corrected chi connectivity index (χ3v) is 2.28. The molecule has 1 aromatic heterocycles. The van der Waals surface area contributed by atoms with Crippen molar-refractivity contribution < 1.29 is 9.18 Å². The van der Waals surface area contributed by atoms with E-state index in [4.69, 9.17) is 0 Å². The summed E-state index contributed by atoms with van der Waals surface area (Å²) in [5.74, 6) is -0.449. The average Bonchev–Trinajstić information content (AvgIpc) is 2.37. The molecule has 1 unspecified atom stereocenters. The van der Waals surface area contributed by atoms with Crippen LogP contribution >= 0.6 is 0 Å². The quantitative estimate of drug-likeness (QED) is 0.483. The zero-order chi connectivity index (χ0) is 8.01. The molecular formula is C6H6AlFN2O. The second-order valence-electron chi connectivity index (χ2n) is 2.71. The molecule has 0 radical (unpaired) electrons. The highest BCUT2D eigenvalue weighted by Crippen LogP contribution is 2.21. The lowest BCUT2D eigenvalue weighted by atomic mass is 10.3. The van der Waals surface area contributed by atoms with Crippen molar-refractivity contribution >= 4 is 22.3 Å². The molecule has 0 saturated carbocycles. The number of hydrogen-bond donors (Lipinski definition) is 0. The van der Waals surface area contributed by atoms with Crippen molar-refractivity contribution in [2.75, 3.05) is 0 Å². The van der Waals surface area contributed by atoms with Crippen molar-refractivity contribution in [2.45, 2.75) is 12.6 Å². The van der Waals surface area contributed by atoms with E-state index in [1.54, 1.807) is 9.86 Å². The van der Waals surface area contributed by atoms with Gasteiger partial charge in [0, 0.05) is 18.2 Å². The highest BCUT2D eigenvalue weighted by atomic mass is 27.1. The van der Waals surface area contributed by atoms with Gasteiger partial charge in [-0.05, 0) is 0 Å². The standard InChI is InChI=1S/C6H5FN2O.Al.2H/c7-4-1-3-2-8-9-5(3)6(4)10;;;/h2,4H,1H2,(H,8,9,10);;;/q;+1;;/p-1. The molecule has 1 aromatic rings. The summed E-state index contributed by atoms with van der Waals surface area (Å²) < 4.78 is 14.4. The normalized spacial score (nSPS) is 22.3. The van der Waals surface area contributed by atoms with Gasteiger partial charge in [0.2, 0.25) is 5.78 Å². The van der Waals surface area contributed by atoms with E-state index in [2.05, 4.69) is 5.10 Å². The summed E-state index contributed by atoms with van der Waals surface area (Å²) in [6, 6.07) is 0. The summed E-state index contributed by atoms with van der Waals surface area (Å²) in [4.78, 5) is 11.0. The fourth-order valence-corrected chi connectivity index (χ4v) is 1.84. The molecule has 2 rings (SSSR count). The molecule has 5 heteroatoms. The minimum atomic E-state index is -1.34. The Bertz CT molecular complexity index is 322. The van der Waals surface area contributed by atoms with Crippen molar-refractivity contribution in [2.24, 2.45) is 0 Å². The van der Waals surface area contributed by atoms with Gasteiger partial charge in [-0.2, -0.15) is 5.10 Å². The van der Waals surface area contributed by atoms with Crippen LogP contribution < -0.4 is 0 Å². The fourth-order valence-electron chi connectivity index (χ4n) is 1.33. The lowest BCUT2D eigenvalue weighted by Crippen LogP contribution is -2.11. The van der Waals surface area contributed by atoms with Crippen LogP contribution in [0.2, 0.25) is 0 Å². The van der Waals surface area contributed by atoms with Gasteiger partial charge in [0.05, 0.1) is 0 Å². The molecule has 1 aliphatic carbocycles. The van der Waals surface area contributed by atoms with E-state index in [-0.39, 0.29) is 6.42 Å². The first kappa shape index (κ1) is 7.02. The molecule has 0 fully saturated rings. The number of carbonyl (C=O) groups excluding carboxylic acids is 1. The molecule has 1 heterocycles. The van der Waals surface area contributed by atoms with Crippen LogP contribution in [0.15, 0.2) is 6.20 Å². The van der Waals surface area contributed by atoms with E-state index < -0.39 is 12.0 Å². The van der Waals surface area contributed by atoms with Crippen molar-refractivity contribution in [3.8, 4) is 0 Å². The van der Waals surface area contributed by atoms with Crippen LogP contribution in [0.1, 0.15) is 16.1 Å². The Hall–Kier alpha value is -0.658. The molecular weight excluding hydrogens is 162 g/mol. The molecule has 0 aliphatic heterocycles. The average molecular weight is 168 g/mol. The van der Waals surface area contributed by atoms with Crippen LogP contribution in [0.5, 0.6) is 0 Å². The molecule has 1 aliphatic rings. The second kappa shape index (κ2) is 2.16. The molecule has 56 valence electrons. The maximum absolute atomic E-state index is 12.7. The van der Waals surface area contributed by atoms with Crippen molar-refractivity contribution in [1.82, 2.24) is 8.76 Å².